The first-order valence-corrected chi connectivity index (χ1v) is 5.45. The van der Waals surface area contributed by atoms with Crippen LogP contribution in [0, 0.1) is 5.82 Å². The zero-order valence-electron chi connectivity index (χ0n) is 7.77. The van der Waals surface area contributed by atoms with Gasteiger partial charge in [0.1, 0.15) is 11.6 Å². The monoisotopic (exact) mass is 236 g/mol. The van der Waals surface area contributed by atoms with Crippen LogP contribution >= 0.6 is 7.75 Å². The fourth-order valence-corrected chi connectivity index (χ4v) is 1.16. The predicted octanol–water partition coefficient (Wildman–Crippen LogP) is 0.843. The summed E-state index contributed by atoms with van der Waals surface area (Å²) < 4.78 is 28.1. The number of nitrogens with one attached hydrogen (secondary N) is 2. The van der Waals surface area contributed by atoms with Crippen molar-refractivity contribution in [1.29, 1.82) is 0 Å². The summed E-state index contributed by atoms with van der Waals surface area (Å²) in [7, 11) is -3.04. The van der Waals surface area contributed by atoms with E-state index in [-0.39, 0.29) is 11.4 Å². The standard InChI is InChI=1S/C7H10FN2O4P/c1-14-7-3-5(8)2-6(4-7)9-10-15(11,12)13/h2-4,9H,1H3,(H3,10,11,12,13). The molecule has 0 fully saturated rings. The Morgan fingerprint density at radius 3 is 2.60 bits per heavy atom. The van der Waals surface area contributed by atoms with E-state index in [2.05, 4.69) is 5.43 Å². The van der Waals surface area contributed by atoms with Crippen LogP contribution in [0.3, 0.4) is 0 Å². The Kier molecular flexibility index (Phi) is 3.65. The lowest BCUT2D eigenvalue weighted by atomic mass is 10.3. The van der Waals surface area contributed by atoms with E-state index in [0.29, 0.717) is 0 Å². The van der Waals surface area contributed by atoms with Gasteiger partial charge in [0.25, 0.3) is 0 Å². The third-order valence-electron chi connectivity index (χ3n) is 1.45. The molecule has 1 aromatic carbocycles. The topological polar surface area (TPSA) is 90.8 Å². The van der Waals surface area contributed by atoms with Crippen molar-refractivity contribution in [3.05, 3.63) is 24.0 Å². The highest BCUT2D eigenvalue weighted by Gasteiger charge is 2.11. The molecule has 0 saturated heterocycles. The van der Waals surface area contributed by atoms with Gasteiger partial charge in [0.2, 0.25) is 0 Å². The van der Waals surface area contributed by atoms with Crippen LogP contribution in [0.25, 0.3) is 0 Å². The van der Waals surface area contributed by atoms with Crippen molar-refractivity contribution in [2.75, 3.05) is 12.5 Å². The normalized spacial score (nSPS) is 11.2. The number of hydrazine groups is 1. The Balaban J connectivity index is 2.77. The first kappa shape index (κ1) is 11.9. The summed E-state index contributed by atoms with van der Waals surface area (Å²) in [5, 5.41) is 1.71. The molecule has 0 amide bonds. The maximum absolute atomic E-state index is 12.9. The molecular weight excluding hydrogens is 226 g/mol. The van der Waals surface area contributed by atoms with Gasteiger partial charge in [-0.25, -0.2) is 8.96 Å². The molecule has 84 valence electrons. The van der Waals surface area contributed by atoms with Gasteiger partial charge in [-0.3, -0.25) is 0 Å². The van der Waals surface area contributed by atoms with Crippen molar-refractivity contribution in [1.82, 2.24) is 5.20 Å². The van der Waals surface area contributed by atoms with Crippen LogP contribution in [0.2, 0.25) is 0 Å². The summed E-state index contributed by atoms with van der Waals surface area (Å²) in [4.78, 5) is 17.0. The minimum atomic E-state index is -4.39. The summed E-state index contributed by atoms with van der Waals surface area (Å²) >= 11 is 0. The minimum absolute atomic E-state index is 0.148. The number of anilines is 1. The zero-order chi connectivity index (χ0) is 11.5. The Morgan fingerprint density at radius 1 is 1.40 bits per heavy atom. The summed E-state index contributed by atoms with van der Waals surface area (Å²) in [5.74, 6) is -0.339. The number of benzene rings is 1. The van der Waals surface area contributed by atoms with Crippen LogP contribution in [0.5, 0.6) is 5.75 Å². The van der Waals surface area contributed by atoms with Gasteiger partial charge in [0, 0.05) is 12.1 Å². The third-order valence-corrected chi connectivity index (χ3v) is 1.86. The lowest BCUT2D eigenvalue weighted by molar-refractivity contribution is 0.362. The van der Waals surface area contributed by atoms with Crippen LogP contribution in [0.4, 0.5) is 10.1 Å². The van der Waals surface area contributed by atoms with E-state index >= 15 is 0 Å². The molecule has 0 heterocycles. The van der Waals surface area contributed by atoms with Crippen molar-refractivity contribution < 1.29 is 23.5 Å². The molecule has 15 heavy (non-hydrogen) atoms. The van der Waals surface area contributed by atoms with E-state index in [1.807, 2.05) is 0 Å². The first-order valence-electron chi connectivity index (χ1n) is 3.84. The van der Waals surface area contributed by atoms with Crippen LogP contribution in [0.1, 0.15) is 0 Å². The molecule has 0 aliphatic carbocycles. The van der Waals surface area contributed by atoms with E-state index in [1.54, 1.807) is 5.20 Å². The van der Waals surface area contributed by atoms with Crippen molar-refractivity contribution in [3.63, 3.8) is 0 Å². The summed E-state index contributed by atoms with van der Waals surface area (Å²) in [6.07, 6.45) is 0. The molecule has 6 nitrogen and oxygen atoms in total. The Labute approximate surface area is 85.3 Å². The van der Waals surface area contributed by atoms with Gasteiger partial charge in [-0.05, 0) is 6.07 Å². The average molecular weight is 236 g/mol. The molecule has 0 aliphatic heterocycles. The van der Waals surface area contributed by atoms with Crippen molar-refractivity contribution in [3.8, 4) is 5.75 Å². The Hall–Kier alpha value is -1.14. The van der Waals surface area contributed by atoms with E-state index in [1.165, 1.54) is 13.2 Å². The fourth-order valence-electron chi connectivity index (χ4n) is 0.890. The molecule has 0 aromatic heterocycles. The van der Waals surface area contributed by atoms with Crippen molar-refractivity contribution >= 4 is 13.4 Å². The fraction of sp³-hybridized carbons (Fsp3) is 0.143. The second kappa shape index (κ2) is 4.59. The smallest absolute Gasteiger partial charge is 0.417 e. The quantitative estimate of drug-likeness (QED) is 0.457. The molecule has 1 rings (SSSR count). The SMILES string of the molecule is COc1cc(F)cc(NNP(=O)(O)O)c1. The molecule has 0 saturated carbocycles. The van der Waals surface area contributed by atoms with Gasteiger partial charge < -0.3 is 19.9 Å². The molecule has 0 bridgehead atoms. The molecule has 0 unspecified atom stereocenters. The van der Waals surface area contributed by atoms with Gasteiger partial charge >= 0.3 is 7.75 Å². The highest BCUT2D eigenvalue weighted by molar-refractivity contribution is 7.49. The second-order valence-corrected chi connectivity index (χ2v) is 3.97. The van der Waals surface area contributed by atoms with E-state index in [9.17, 15) is 8.96 Å². The van der Waals surface area contributed by atoms with Crippen LogP contribution in [-0.2, 0) is 4.57 Å². The van der Waals surface area contributed by atoms with Crippen LogP contribution in [0.15, 0.2) is 18.2 Å². The maximum Gasteiger partial charge on any atom is 0.417 e. The van der Waals surface area contributed by atoms with Crippen LogP contribution in [-0.4, -0.2) is 16.9 Å². The average Bonchev–Trinajstić information content (AvgIpc) is 2.13. The number of halogens is 1. The third kappa shape index (κ3) is 4.26. The summed E-state index contributed by atoms with van der Waals surface area (Å²) in [6.45, 7) is 0. The van der Waals surface area contributed by atoms with Crippen molar-refractivity contribution in [2.24, 2.45) is 0 Å². The highest BCUT2D eigenvalue weighted by Crippen LogP contribution is 2.28. The van der Waals surface area contributed by atoms with E-state index < -0.39 is 13.6 Å². The van der Waals surface area contributed by atoms with E-state index in [4.69, 9.17) is 14.5 Å². The Morgan fingerprint density at radius 2 is 2.07 bits per heavy atom. The molecule has 0 atom stereocenters. The molecule has 1 aromatic rings. The second-order valence-electron chi connectivity index (χ2n) is 2.66. The maximum atomic E-state index is 12.9. The van der Waals surface area contributed by atoms with Gasteiger partial charge in [-0.1, -0.05) is 0 Å². The molecule has 8 heteroatoms. The number of ether oxygens (including phenoxy) is 1. The summed E-state index contributed by atoms with van der Waals surface area (Å²) in [6, 6.07) is 3.58. The highest BCUT2D eigenvalue weighted by atomic mass is 31.2. The molecule has 0 radical (unpaired) electrons. The number of hydrogen-bond donors (Lipinski definition) is 4. The number of methoxy groups -OCH3 is 1. The zero-order valence-corrected chi connectivity index (χ0v) is 8.66. The van der Waals surface area contributed by atoms with Crippen LogP contribution < -0.4 is 15.4 Å². The predicted molar refractivity (Wildman–Crippen MR) is 51.8 cm³/mol. The molecule has 0 aliphatic rings. The van der Waals surface area contributed by atoms with Gasteiger partial charge in [-0.2, -0.15) is 0 Å². The minimum Gasteiger partial charge on any atom is -0.497 e. The largest absolute Gasteiger partial charge is 0.497 e. The molecule has 0 spiro atoms. The van der Waals surface area contributed by atoms with Gasteiger partial charge in [0.15, 0.2) is 0 Å². The number of hydrogen-bond acceptors (Lipinski definition) is 3. The molecule has 4 N–H and O–H groups in total. The lowest BCUT2D eigenvalue weighted by Crippen LogP contribution is -2.17. The van der Waals surface area contributed by atoms with Gasteiger partial charge in [-0.15, -0.1) is 5.20 Å². The molecular formula is C7H10FN2O4P. The van der Waals surface area contributed by atoms with Gasteiger partial charge in [0.05, 0.1) is 12.8 Å². The lowest BCUT2D eigenvalue weighted by Gasteiger charge is -2.10. The number of rotatable bonds is 4. The Bertz CT molecular complexity index is 395. The van der Waals surface area contributed by atoms with Crippen molar-refractivity contribution in [2.45, 2.75) is 0 Å². The summed E-state index contributed by atoms with van der Waals surface area (Å²) in [5.41, 5.74) is 2.32. The van der Waals surface area contributed by atoms with E-state index in [0.717, 1.165) is 12.1 Å². The first-order chi connectivity index (χ1) is 6.90.